The zero-order valence-electron chi connectivity index (χ0n) is 15.6. The summed E-state index contributed by atoms with van der Waals surface area (Å²) in [7, 11) is 1.41. The molecular formula is C20H17ClN2O5S. The van der Waals surface area contributed by atoms with Crippen LogP contribution in [0.15, 0.2) is 41.3 Å². The summed E-state index contributed by atoms with van der Waals surface area (Å²) in [5.74, 6) is -0.872. The molecule has 2 aromatic carbocycles. The zero-order chi connectivity index (χ0) is 21.1. The number of amides is 3. The molecule has 0 bridgehead atoms. The van der Waals surface area contributed by atoms with Crippen LogP contribution in [0.3, 0.4) is 0 Å². The maximum absolute atomic E-state index is 12.6. The second-order valence-corrected chi connectivity index (χ2v) is 7.61. The van der Waals surface area contributed by atoms with Gasteiger partial charge in [-0.25, -0.2) is 0 Å². The molecule has 0 aromatic heterocycles. The first-order chi connectivity index (χ1) is 13.8. The van der Waals surface area contributed by atoms with Crippen molar-refractivity contribution in [2.75, 3.05) is 19.0 Å². The summed E-state index contributed by atoms with van der Waals surface area (Å²) < 4.78 is 5.03. The van der Waals surface area contributed by atoms with Gasteiger partial charge in [0.15, 0.2) is 11.5 Å². The molecule has 7 nitrogen and oxygen atoms in total. The fourth-order valence-corrected chi connectivity index (χ4v) is 3.61. The van der Waals surface area contributed by atoms with Gasteiger partial charge in [0.05, 0.1) is 12.0 Å². The molecule has 9 heteroatoms. The maximum Gasteiger partial charge on any atom is 0.294 e. The molecule has 1 aliphatic rings. The average Bonchev–Trinajstić information content (AvgIpc) is 2.93. The molecule has 1 aliphatic heterocycles. The third kappa shape index (κ3) is 4.72. The van der Waals surface area contributed by atoms with Crippen LogP contribution in [0.2, 0.25) is 5.02 Å². The number of benzene rings is 2. The second kappa shape index (κ2) is 8.59. The molecule has 1 fully saturated rings. The highest BCUT2D eigenvalue weighted by molar-refractivity contribution is 8.18. The summed E-state index contributed by atoms with van der Waals surface area (Å²) in [6.07, 6.45) is 1.50. The van der Waals surface area contributed by atoms with Gasteiger partial charge in [-0.1, -0.05) is 23.7 Å². The van der Waals surface area contributed by atoms with E-state index in [-0.39, 0.29) is 16.4 Å². The summed E-state index contributed by atoms with van der Waals surface area (Å²) in [6.45, 7) is 1.43. The van der Waals surface area contributed by atoms with E-state index in [4.69, 9.17) is 16.3 Å². The molecule has 0 radical (unpaired) electrons. The number of methoxy groups -OCH3 is 1. The topological polar surface area (TPSA) is 95.9 Å². The Hall–Kier alpha value is -2.97. The molecule has 3 rings (SSSR count). The summed E-state index contributed by atoms with van der Waals surface area (Å²) >= 11 is 6.78. The number of ether oxygens (including phenoxy) is 1. The predicted octanol–water partition coefficient (Wildman–Crippen LogP) is 4.04. The average molecular weight is 433 g/mol. The Balaban J connectivity index is 1.71. The van der Waals surface area contributed by atoms with Gasteiger partial charge in [-0.05, 0) is 60.2 Å². The van der Waals surface area contributed by atoms with Gasteiger partial charge in [-0.3, -0.25) is 19.3 Å². The number of halogens is 1. The molecule has 29 heavy (non-hydrogen) atoms. The normalized spacial score (nSPS) is 15.1. The number of imide groups is 1. The summed E-state index contributed by atoms with van der Waals surface area (Å²) in [6, 6.07) is 9.59. The van der Waals surface area contributed by atoms with Crippen molar-refractivity contribution in [1.82, 2.24) is 4.90 Å². The molecule has 2 N–H and O–H groups in total. The van der Waals surface area contributed by atoms with E-state index in [0.717, 1.165) is 22.2 Å². The molecule has 2 aromatic rings. The lowest BCUT2D eigenvalue weighted by molar-refractivity contribution is -0.127. The molecule has 0 spiro atoms. The smallest absolute Gasteiger partial charge is 0.294 e. The van der Waals surface area contributed by atoms with Crippen LogP contribution in [0.5, 0.6) is 11.5 Å². The summed E-state index contributed by atoms with van der Waals surface area (Å²) in [4.78, 5) is 38.1. The molecule has 0 saturated carbocycles. The van der Waals surface area contributed by atoms with Gasteiger partial charge in [0.1, 0.15) is 6.54 Å². The number of carbonyl (C=O) groups is 3. The number of hydrogen-bond donors (Lipinski definition) is 2. The van der Waals surface area contributed by atoms with Crippen LogP contribution in [0, 0.1) is 6.92 Å². The quantitative estimate of drug-likeness (QED) is 0.692. The third-order valence-electron chi connectivity index (χ3n) is 4.13. The molecule has 1 saturated heterocycles. The van der Waals surface area contributed by atoms with Gasteiger partial charge in [-0.15, -0.1) is 0 Å². The lowest BCUT2D eigenvalue weighted by atomic mass is 10.2. The van der Waals surface area contributed by atoms with Gasteiger partial charge in [-0.2, -0.15) is 0 Å². The Morgan fingerprint density at radius 1 is 1.28 bits per heavy atom. The van der Waals surface area contributed by atoms with Crippen LogP contribution in [-0.2, 0) is 9.59 Å². The Bertz CT molecular complexity index is 1040. The van der Waals surface area contributed by atoms with Crippen LogP contribution in [0.4, 0.5) is 10.5 Å². The molecule has 0 unspecified atom stereocenters. The number of nitrogens with zero attached hydrogens (tertiary/aromatic N) is 1. The number of hydrogen-bond acceptors (Lipinski definition) is 6. The number of phenolic OH excluding ortho intramolecular Hbond substituents is 1. The highest BCUT2D eigenvalue weighted by atomic mass is 35.5. The molecule has 1 heterocycles. The van der Waals surface area contributed by atoms with Crippen LogP contribution < -0.4 is 10.1 Å². The van der Waals surface area contributed by atoms with E-state index in [0.29, 0.717) is 16.3 Å². The number of thioether (sulfide) groups is 1. The molecule has 0 aliphatic carbocycles. The highest BCUT2D eigenvalue weighted by Gasteiger charge is 2.36. The van der Waals surface area contributed by atoms with Crippen molar-refractivity contribution < 1.29 is 24.2 Å². The van der Waals surface area contributed by atoms with E-state index in [2.05, 4.69) is 5.32 Å². The van der Waals surface area contributed by atoms with Crippen molar-refractivity contribution >= 4 is 52.2 Å². The third-order valence-corrected chi connectivity index (χ3v) is 5.45. The van der Waals surface area contributed by atoms with Gasteiger partial charge in [0.2, 0.25) is 5.91 Å². The minimum atomic E-state index is -0.566. The Morgan fingerprint density at radius 3 is 2.72 bits per heavy atom. The fourth-order valence-electron chi connectivity index (χ4n) is 2.59. The van der Waals surface area contributed by atoms with Crippen LogP contribution >= 0.6 is 23.4 Å². The Morgan fingerprint density at radius 2 is 2.03 bits per heavy atom. The number of carbonyl (C=O) groups excluding carboxylic acids is 3. The fraction of sp³-hybridized carbons (Fsp3) is 0.150. The van der Waals surface area contributed by atoms with Crippen LogP contribution in [0.1, 0.15) is 11.1 Å². The van der Waals surface area contributed by atoms with Gasteiger partial charge in [0.25, 0.3) is 11.1 Å². The van der Waals surface area contributed by atoms with Crippen molar-refractivity contribution in [3.8, 4) is 11.5 Å². The minimum absolute atomic E-state index is 0.0364. The SMILES string of the molecule is COc1cc(C=C2SC(=O)N(CC(=O)Nc3ccc(C)c(Cl)c3)C2=O)ccc1O. The Kier molecular flexibility index (Phi) is 6.14. The molecule has 150 valence electrons. The van der Waals surface area contributed by atoms with E-state index >= 15 is 0 Å². The van der Waals surface area contributed by atoms with E-state index in [1.165, 1.54) is 25.3 Å². The van der Waals surface area contributed by atoms with Crippen LogP contribution in [-0.4, -0.2) is 40.7 Å². The standard InChI is InChI=1S/C20H17ClN2O5S/c1-11-3-5-13(9-14(11)21)22-18(25)10-23-19(26)17(29-20(23)27)8-12-4-6-15(24)16(7-12)28-2/h3-9,24H,10H2,1-2H3,(H,22,25). The van der Waals surface area contributed by atoms with Crippen molar-refractivity contribution in [2.24, 2.45) is 0 Å². The van der Waals surface area contributed by atoms with Crippen molar-refractivity contribution in [2.45, 2.75) is 6.92 Å². The second-order valence-electron chi connectivity index (χ2n) is 6.21. The first-order valence-electron chi connectivity index (χ1n) is 8.47. The summed E-state index contributed by atoms with van der Waals surface area (Å²) in [5.41, 5.74) is 1.92. The van der Waals surface area contributed by atoms with Gasteiger partial charge < -0.3 is 15.2 Å². The first kappa shape index (κ1) is 20.8. The number of rotatable bonds is 5. The Labute approximate surface area is 176 Å². The van der Waals surface area contributed by atoms with Gasteiger partial charge >= 0.3 is 0 Å². The van der Waals surface area contributed by atoms with E-state index in [1.807, 2.05) is 6.92 Å². The number of anilines is 1. The van der Waals surface area contributed by atoms with Gasteiger partial charge in [0, 0.05) is 10.7 Å². The zero-order valence-corrected chi connectivity index (χ0v) is 17.1. The number of nitrogens with one attached hydrogen (secondary N) is 1. The minimum Gasteiger partial charge on any atom is -0.504 e. The highest BCUT2D eigenvalue weighted by Crippen LogP contribution is 2.34. The van der Waals surface area contributed by atoms with Crippen molar-refractivity contribution in [3.63, 3.8) is 0 Å². The predicted molar refractivity (Wildman–Crippen MR) is 112 cm³/mol. The van der Waals surface area contributed by atoms with E-state index in [1.54, 1.807) is 24.3 Å². The molecule has 3 amide bonds. The van der Waals surface area contributed by atoms with Crippen molar-refractivity contribution in [1.29, 1.82) is 0 Å². The van der Waals surface area contributed by atoms with E-state index < -0.39 is 23.6 Å². The number of phenols is 1. The molecular weight excluding hydrogens is 416 g/mol. The number of aryl methyl sites for hydroxylation is 1. The monoisotopic (exact) mass is 432 g/mol. The molecule has 0 atom stereocenters. The first-order valence-corrected chi connectivity index (χ1v) is 9.66. The summed E-state index contributed by atoms with van der Waals surface area (Å²) in [5, 5.41) is 12.2. The lowest BCUT2D eigenvalue weighted by Gasteiger charge is -2.13. The van der Waals surface area contributed by atoms with E-state index in [9.17, 15) is 19.5 Å². The largest absolute Gasteiger partial charge is 0.504 e. The number of aromatic hydroxyl groups is 1. The van der Waals surface area contributed by atoms with Crippen LogP contribution in [0.25, 0.3) is 6.08 Å². The van der Waals surface area contributed by atoms with Crippen molar-refractivity contribution in [3.05, 3.63) is 57.5 Å². The maximum atomic E-state index is 12.6. The lowest BCUT2D eigenvalue weighted by Crippen LogP contribution is -2.36.